The zero-order valence-electron chi connectivity index (χ0n) is 12.1. The second kappa shape index (κ2) is 7.06. The van der Waals surface area contributed by atoms with Gasteiger partial charge in [0.05, 0.1) is 6.61 Å². The number of hydrogen-bond donors (Lipinski definition) is 2. The van der Waals surface area contributed by atoms with E-state index in [-0.39, 0.29) is 24.9 Å². The molecule has 0 aliphatic carbocycles. The molecule has 0 heterocycles. The van der Waals surface area contributed by atoms with Gasteiger partial charge in [0.2, 0.25) is 5.91 Å². The largest absolute Gasteiger partial charge is 0.395 e. The van der Waals surface area contributed by atoms with Gasteiger partial charge in [-0.05, 0) is 18.2 Å². The van der Waals surface area contributed by atoms with E-state index in [9.17, 15) is 9.18 Å². The molecule has 2 N–H and O–H groups in total. The van der Waals surface area contributed by atoms with Crippen molar-refractivity contribution < 1.29 is 14.3 Å². The van der Waals surface area contributed by atoms with E-state index in [2.05, 4.69) is 17.2 Å². The Morgan fingerprint density at radius 1 is 1.40 bits per heavy atom. The van der Waals surface area contributed by atoms with Crippen molar-refractivity contribution in [2.45, 2.75) is 33.7 Å². The van der Waals surface area contributed by atoms with E-state index in [0.29, 0.717) is 17.5 Å². The first-order valence-corrected chi connectivity index (χ1v) is 6.51. The van der Waals surface area contributed by atoms with Crippen LogP contribution in [0.4, 0.5) is 4.39 Å². The van der Waals surface area contributed by atoms with Crippen molar-refractivity contribution in [1.82, 2.24) is 5.32 Å². The SMILES string of the molecule is CC(C)(C)C(=O)NCc1cc(C#CCCO)ccc1F. The van der Waals surface area contributed by atoms with Crippen LogP contribution in [-0.2, 0) is 11.3 Å². The highest BCUT2D eigenvalue weighted by Crippen LogP contribution is 2.14. The summed E-state index contributed by atoms with van der Waals surface area (Å²) < 4.78 is 13.7. The maximum absolute atomic E-state index is 13.7. The van der Waals surface area contributed by atoms with Gasteiger partial charge in [-0.2, -0.15) is 0 Å². The molecule has 0 radical (unpaired) electrons. The summed E-state index contributed by atoms with van der Waals surface area (Å²) in [6.07, 6.45) is 0.382. The Morgan fingerprint density at radius 2 is 2.10 bits per heavy atom. The Bertz CT molecular complexity index is 536. The van der Waals surface area contributed by atoms with Gasteiger partial charge in [-0.25, -0.2) is 4.39 Å². The molecule has 0 spiro atoms. The van der Waals surface area contributed by atoms with Crippen LogP contribution in [0, 0.1) is 23.1 Å². The van der Waals surface area contributed by atoms with Crippen LogP contribution in [0.15, 0.2) is 18.2 Å². The van der Waals surface area contributed by atoms with Gasteiger partial charge in [0, 0.05) is 29.5 Å². The van der Waals surface area contributed by atoms with Crippen molar-refractivity contribution in [3.8, 4) is 11.8 Å². The van der Waals surface area contributed by atoms with Gasteiger partial charge < -0.3 is 10.4 Å². The van der Waals surface area contributed by atoms with Gasteiger partial charge in [-0.1, -0.05) is 32.6 Å². The minimum Gasteiger partial charge on any atom is -0.395 e. The standard InChI is InChI=1S/C16H20FNO2/c1-16(2,3)15(20)18-11-13-10-12(6-4-5-9-19)7-8-14(13)17/h7-8,10,19H,5,9,11H2,1-3H3,(H,18,20). The quantitative estimate of drug-likeness (QED) is 0.832. The average Bonchev–Trinajstić information content (AvgIpc) is 2.38. The molecular weight excluding hydrogens is 257 g/mol. The number of carbonyl (C=O) groups is 1. The molecular formula is C16H20FNO2. The molecule has 0 aliphatic heterocycles. The molecule has 1 amide bonds. The third-order valence-corrected chi connectivity index (χ3v) is 2.64. The van der Waals surface area contributed by atoms with E-state index in [1.54, 1.807) is 32.9 Å². The van der Waals surface area contributed by atoms with Crippen LogP contribution in [0.1, 0.15) is 38.3 Å². The zero-order chi connectivity index (χ0) is 15.2. The van der Waals surface area contributed by atoms with Crippen LogP contribution in [0.2, 0.25) is 0 Å². The Labute approximate surface area is 119 Å². The molecule has 108 valence electrons. The minimum absolute atomic E-state index is 0.00267. The number of amides is 1. The molecule has 0 unspecified atom stereocenters. The fourth-order valence-corrected chi connectivity index (χ4v) is 1.45. The molecule has 1 aromatic rings. The summed E-state index contributed by atoms with van der Waals surface area (Å²) in [5.74, 6) is 5.12. The first-order chi connectivity index (χ1) is 9.34. The van der Waals surface area contributed by atoms with Gasteiger partial charge in [0.25, 0.3) is 0 Å². The molecule has 20 heavy (non-hydrogen) atoms. The first kappa shape index (κ1) is 16.2. The minimum atomic E-state index is -0.505. The lowest BCUT2D eigenvalue weighted by molar-refractivity contribution is -0.128. The summed E-state index contributed by atoms with van der Waals surface area (Å²) in [5.41, 5.74) is 0.563. The van der Waals surface area contributed by atoms with Crippen molar-refractivity contribution in [3.63, 3.8) is 0 Å². The van der Waals surface area contributed by atoms with Crippen LogP contribution < -0.4 is 5.32 Å². The smallest absolute Gasteiger partial charge is 0.225 e. The normalized spacial score (nSPS) is 10.7. The van der Waals surface area contributed by atoms with Crippen molar-refractivity contribution in [3.05, 3.63) is 35.1 Å². The van der Waals surface area contributed by atoms with Gasteiger partial charge >= 0.3 is 0 Å². The number of rotatable bonds is 3. The number of nitrogens with one attached hydrogen (secondary N) is 1. The summed E-state index contributed by atoms with van der Waals surface area (Å²) in [7, 11) is 0. The highest BCUT2D eigenvalue weighted by atomic mass is 19.1. The zero-order valence-corrected chi connectivity index (χ0v) is 12.1. The fraction of sp³-hybridized carbons (Fsp3) is 0.438. The predicted molar refractivity (Wildman–Crippen MR) is 76.3 cm³/mol. The van der Waals surface area contributed by atoms with E-state index >= 15 is 0 Å². The molecule has 0 fully saturated rings. The van der Waals surface area contributed by atoms with Gasteiger partial charge in [0.15, 0.2) is 0 Å². The summed E-state index contributed by atoms with van der Waals surface area (Å²) in [5, 5.41) is 11.4. The molecule has 1 rings (SSSR count). The second-order valence-electron chi connectivity index (χ2n) is 5.51. The summed E-state index contributed by atoms with van der Waals surface area (Å²) in [4.78, 5) is 11.8. The number of halogens is 1. The van der Waals surface area contributed by atoms with Crippen LogP contribution in [0.5, 0.6) is 0 Å². The Kier molecular flexibility index (Phi) is 5.72. The van der Waals surface area contributed by atoms with Crippen LogP contribution >= 0.6 is 0 Å². The Hall–Kier alpha value is -1.86. The summed E-state index contributed by atoms with van der Waals surface area (Å²) in [6.45, 7) is 5.54. The van der Waals surface area contributed by atoms with Crippen LogP contribution in [0.25, 0.3) is 0 Å². The fourth-order valence-electron chi connectivity index (χ4n) is 1.45. The van der Waals surface area contributed by atoms with E-state index in [1.165, 1.54) is 6.07 Å². The average molecular weight is 277 g/mol. The summed E-state index contributed by atoms with van der Waals surface area (Å²) >= 11 is 0. The highest BCUT2D eigenvalue weighted by Gasteiger charge is 2.20. The van der Waals surface area contributed by atoms with Gasteiger partial charge in [-0.15, -0.1) is 0 Å². The molecule has 0 saturated heterocycles. The maximum atomic E-state index is 13.7. The molecule has 0 saturated carbocycles. The molecule has 3 nitrogen and oxygen atoms in total. The number of hydrogen-bond acceptors (Lipinski definition) is 2. The van der Waals surface area contributed by atoms with Gasteiger partial charge in [-0.3, -0.25) is 4.79 Å². The molecule has 0 bridgehead atoms. The lowest BCUT2D eigenvalue weighted by Crippen LogP contribution is -2.34. The molecule has 0 aromatic heterocycles. The third-order valence-electron chi connectivity index (χ3n) is 2.64. The van der Waals surface area contributed by atoms with E-state index in [1.807, 2.05) is 0 Å². The third kappa shape index (κ3) is 5.02. The number of benzene rings is 1. The maximum Gasteiger partial charge on any atom is 0.225 e. The molecule has 0 atom stereocenters. The van der Waals surface area contributed by atoms with Crippen molar-refractivity contribution in [1.29, 1.82) is 0 Å². The van der Waals surface area contributed by atoms with Crippen LogP contribution in [0.3, 0.4) is 0 Å². The second-order valence-corrected chi connectivity index (χ2v) is 5.51. The van der Waals surface area contributed by atoms with Crippen LogP contribution in [-0.4, -0.2) is 17.6 Å². The number of carbonyl (C=O) groups excluding carboxylic acids is 1. The van der Waals surface area contributed by atoms with E-state index < -0.39 is 5.41 Å². The highest BCUT2D eigenvalue weighted by molar-refractivity contribution is 5.81. The predicted octanol–water partition coefficient (Wildman–Crippen LogP) is 2.22. The number of aliphatic hydroxyl groups is 1. The summed E-state index contributed by atoms with van der Waals surface area (Å²) in [6, 6.07) is 4.53. The lowest BCUT2D eigenvalue weighted by Gasteiger charge is -2.17. The lowest BCUT2D eigenvalue weighted by atomic mass is 9.95. The molecule has 0 aliphatic rings. The molecule has 1 aromatic carbocycles. The van der Waals surface area contributed by atoms with Gasteiger partial charge in [0.1, 0.15) is 5.82 Å². The van der Waals surface area contributed by atoms with Crippen molar-refractivity contribution in [2.24, 2.45) is 5.41 Å². The number of aliphatic hydroxyl groups excluding tert-OH is 1. The Balaban J connectivity index is 2.78. The monoisotopic (exact) mass is 277 g/mol. The van der Waals surface area contributed by atoms with E-state index in [0.717, 1.165) is 0 Å². The van der Waals surface area contributed by atoms with Crippen molar-refractivity contribution >= 4 is 5.91 Å². The van der Waals surface area contributed by atoms with Crippen molar-refractivity contribution in [2.75, 3.05) is 6.61 Å². The van der Waals surface area contributed by atoms with E-state index in [4.69, 9.17) is 5.11 Å². The topological polar surface area (TPSA) is 49.3 Å². The first-order valence-electron chi connectivity index (χ1n) is 6.51. The Morgan fingerprint density at radius 3 is 2.70 bits per heavy atom. The molecule has 4 heteroatoms.